The van der Waals surface area contributed by atoms with Gasteiger partial charge in [-0.1, -0.05) is 237 Å². The van der Waals surface area contributed by atoms with E-state index in [1.54, 1.807) is 0 Å². The van der Waals surface area contributed by atoms with Gasteiger partial charge in [0.2, 0.25) is 0 Å². The molecule has 0 bridgehead atoms. The fraction of sp³-hybridized carbons (Fsp3) is 0.842. The van der Waals surface area contributed by atoms with Crippen molar-refractivity contribution in [1.82, 2.24) is 0 Å². The number of carbonyl (C=O) groups is 3. The summed E-state index contributed by atoms with van der Waals surface area (Å²) in [6.45, 7) is 6.61. The molecule has 0 amide bonds. The molecule has 0 aromatic rings. The highest BCUT2D eigenvalue weighted by Gasteiger charge is 2.19. The summed E-state index contributed by atoms with van der Waals surface area (Å²) < 4.78 is 16.8. The highest BCUT2D eigenvalue weighted by Crippen LogP contribution is 2.16. The summed E-state index contributed by atoms with van der Waals surface area (Å²) in [7, 11) is 0. The van der Waals surface area contributed by atoms with Crippen molar-refractivity contribution >= 4 is 17.9 Å². The molecule has 1 unspecified atom stereocenters. The van der Waals surface area contributed by atoms with E-state index in [1.807, 2.05) is 0 Å². The van der Waals surface area contributed by atoms with E-state index in [2.05, 4.69) is 57.2 Å². The first-order valence-electron chi connectivity index (χ1n) is 27.5. The van der Waals surface area contributed by atoms with Crippen LogP contribution in [-0.2, 0) is 28.6 Å². The number of unbranched alkanes of at least 4 members (excludes halogenated alkanes) is 34. The maximum absolute atomic E-state index is 12.8. The molecule has 0 aromatic carbocycles. The standard InChI is InChI=1S/C57H104O6/c1-4-7-10-13-16-19-22-25-27-28-30-32-35-38-41-44-47-50-56(59)62-53-54(52-61-55(58)49-46-43-40-37-34-31-24-21-18-15-12-9-6-3)63-57(60)51-48-45-42-39-36-33-29-26-23-20-17-14-11-8-5-2/h17,20,23,26,31,34,54H,4-16,18-19,21-22,24-25,27-30,32-33,35-53H2,1-3H3/b20-17-,26-23-,34-31-. The highest BCUT2D eigenvalue weighted by atomic mass is 16.6. The average Bonchev–Trinajstić information content (AvgIpc) is 3.28. The van der Waals surface area contributed by atoms with Crippen LogP contribution < -0.4 is 0 Å². The van der Waals surface area contributed by atoms with Crippen molar-refractivity contribution in [1.29, 1.82) is 0 Å². The maximum Gasteiger partial charge on any atom is 0.306 e. The largest absolute Gasteiger partial charge is 0.462 e. The zero-order valence-corrected chi connectivity index (χ0v) is 42.1. The summed E-state index contributed by atoms with van der Waals surface area (Å²) in [6, 6.07) is 0. The van der Waals surface area contributed by atoms with E-state index >= 15 is 0 Å². The van der Waals surface area contributed by atoms with Crippen molar-refractivity contribution in [2.75, 3.05) is 13.2 Å². The average molecular weight is 885 g/mol. The summed E-state index contributed by atoms with van der Waals surface area (Å²) in [6.07, 6.45) is 61.3. The molecule has 0 heterocycles. The number of carbonyl (C=O) groups excluding carboxylic acids is 3. The Balaban J connectivity index is 4.36. The predicted octanol–water partition coefficient (Wildman–Crippen LogP) is 18.1. The van der Waals surface area contributed by atoms with Crippen LogP contribution >= 0.6 is 0 Å². The molecule has 0 aliphatic carbocycles. The number of hydrogen-bond donors (Lipinski definition) is 0. The first kappa shape index (κ1) is 60.6. The topological polar surface area (TPSA) is 78.9 Å². The fourth-order valence-electron chi connectivity index (χ4n) is 7.96. The summed E-state index contributed by atoms with van der Waals surface area (Å²) in [4.78, 5) is 38.0. The smallest absolute Gasteiger partial charge is 0.306 e. The third kappa shape index (κ3) is 50.5. The van der Waals surface area contributed by atoms with Crippen LogP contribution in [0.25, 0.3) is 0 Å². The van der Waals surface area contributed by atoms with Gasteiger partial charge in [0.25, 0.3) is 0 Å². The Morgan fingerprint density at radius 3 is 0.937 bits per heavy atom. The van der Waals surface area contributed by atoms with Gasteiger partial charge in [-0.2, -0.15) is 0 Å². The second-order valence-electron chi connectivity index (χ2n) is 18.5. The third-order valence-electron chi connectivity index (χ3n) is 12.1. The molecule has 6 nitrogen and oxygen atoms in total. The van der Waals surface area contributed by atoms with Crippen molar-refractivity contribution in [3.05, 3.63) is 36.5 Å². The molecule has 0 aromatic heterocycles. The van der Waals surface area contributed by atoms with Gasteiger partial charge in [0.05, 0.1) is 0 Å². The van der Waals surface area contributed by atoms with Crippen LogP contribution in [-0.4, -0.2) is 37.2 Å². The van der Waals surface area contributed by atoms with Gasteiger partial charge in [-0.25, -0.2) is 0 Å². The Hall–Kier alpha value is -2.37. The van der Waals surface area contributed by atoms with E-state index in [0.717, 1.165) is 77.0 Å². The van der Waals surface area contributed by atoms with Crippen LogP contribution in [0, 0.1) is 0 Å². The molecular formula is C57H104O6. The molecule has 0 aliphatic rings. The van der Waals surface area contributed by atoms with E-state index in [9.17, 15) is 14.4 Å². The summed E-state index contributed by atoms with van der Waals surface area (Å²) in [5.41, 5.74) is 0. The Labute approximate surface area is 391 Å². The first-order valence-corrected chi connectivity index (χ1v) is 27.5. The summed E-state index contributed by atoms with van der Waals surface area (Å²) in [5, 5.41) is 0. The third-order valence-corrected chi connectivity index (χ3v) is 12.1. The van der Waals surface area contributed by atoms with E-state index < -0.39 is 6.10 Å². The molecular weight excluding hydrogens is 781 g/mol. The Bertz CT molecular complexity index is 1060. The minimum absolute atomic E-state index is 0.0784. The van der Waals surface area contributed by atoms with Crippen LogP contribution in [0.1, 0.15) is 290 Å². The lowest BCUT2D eigenvalue weighted by Gasteiger charge is -2.18. The quantitative estimate of drug-likeness (QED) is 0.0199. The van der Waals surface area contributed by atoms with E-state index in [4.69, 9.17) is 14.2 Å². The monoisotopic (exact) mass is 885 g/mol. The van der Waals surface area contributed by atoms with Gasteiger partial charge in [-0.3, -0.25) is 14.4 Å². The zero-order valence-electron chi connectivity index (χ0n) is 42.1. The second kappa shape index (κ2) is 52.3. The molecule has 0 rings (SSSR count). The number of hydrogen-bond acceptors (Lipinski definition) is 6. The fourth-order valence-corrected chi connectivity index (χ4v) is 7.96. The molecule has 0 saturated carbocycles. The molecule has 0 spiro atoms. The van der Waals surface area contributed by atoms with Gasteiger partial charge in [0.1, 0.15) is 13.2 Å². The molecule has 368 valence electrons. The van der Waals surface area contributed by atoms with Crippen molar-refractivity contribution < 1.29 is 28.6 Å². The molecule has 0 radical (unpaired) electrons. The van der Waals surface area contributed by atoms with Crippen LogP contribution in [0.2, 0.25) is 0 Å². The Kier molecular flexibility index (Phi) is 50.3. The lowest BCUT2D eigenvalue weighted by atomic mass is 10.0. The van der Waals surface area contributed by atoms with Gasteiger partial charge < -0.3 is 14.2 Å². The van der Waals surface area contributed by atoms with Gasteiger partial charge >= 0.3 is 17.9 Å². The van der Waals surface area contributed by atoms with E-state index in [1.165, 1.54) is 173 Å². The number of esters is 3. The van der Waals surface area contributed by atoms with Gasteiger partial charge in [0.15, 0.2) is 6.10 Å². The summed E-state index contributed by atoms with van der Waals surface area (Å²) in [5.74, 6) is -0.893. The van der Waals surface area contributed by atoms with Crippen molar-refractivity contribution in [3.63, 3.8) is 0 Å². The van der Waals surface area contributed by atoms with Crippen molar-refractivity contribution in [2.45, 2.75) is 297 Å². The van der Waals surface area contributed by atoms with Gasteiger partial charge in [-0.15, -0.1) is 0 Å². The van der Waals surface area contributed by atoms with Crippen LogP contribution in [0.15, 0.2) is 36.5 Å². The second-order valence-corrected chi connectivity index (χ2v) is 18.5. The first-order chi connectivity index (χ1) is 31.0. The number of allylic oxidation sites excluding steroid dienone is 6. The molecule has 63 heavy (non-hydrogen) atoms. The number of ether oxygens (including phenoxy) is 3. The van der Waals surface area contributed by atoms with E-state index in [0.29, 0.717) is 19.3 Å². The van der Waals surface area contributed by atoms with Crippen molar-refractivity contribution in [3.8, 4) is 0 Å². The minimum atomic E-state index is -0.781. The predicted molar refractivity (Wildman–Crippen MR) is 270 cm³/mol. The van der Waals surface area contributed by atoms with Crippen LogP contribution in [0.4, 0.5) is 0 Å². The van der Waals surface area contributed by atoms with Crippen molar-refractivity contribution in [2.24, 2.45) is 0 Å². The van der Waals surface area contributed by atoms with Gasteiger partial charge in [-0.05, 0) is 70.6 Å². The maximum atomic E-state index is 12.8. The van der Waals surface area contributed by atoms with E-state index in [-0.39, 0.29) is 31.1 Å². The highest BCUT2D eigenvalue weighted by molar-refractivity contribution is 5.71. The normalized spacial score (nSPS) is 12.2. The molecule has 0 fully saturated rings. The molecule has 0 saturated heterocycles. The lowest BCUT2D eigenvalue weighted by molar-refractivity contribution is -0.167. The Morgan fingerprint density at radius 2 is 0.571 bits per heavy atom. The lowest BCUT2D eigenvalue weighted by Crippen LogP contribution is -2.30. The van der Waals surface area contributed by atoms with Gasteiger partial charge in [0, 0.05) is 19.3 Å². The molecule has 6 heteroatoms. The summed E-state index contributed by atoms with van der Waals surface area (Å²) >= 11 is 0. The number of rotatable bonds is 50. The zero-order chi connectivity index (χ0) is 45.8. The van der Waals surface area contributed by atoms with Crippen LogP contribution in [0.5, 0.6) is 0 Å². The molecule has 1 atom stereocenters. The molecule has 0 N–H and O–H groups in total. The minimum Gasteiger partial charge on any atom is -0.462 e. The van der Waals surface area contributed by atoms with Crippen LogP contribution in [0.3, 0.4) is 0 Å². The molecule has 0 aliphatic heterocycles. The SMILES string of the molecule is CCCCC/C=C\C=C/CCCCCCCCC(=O)OC(COC(=O)CCCCC/C=C\CCCCCCCC)COC(=O)CCCCCCCCCCCCCCCCCCC. The Morgan fingerprint density at radius 1 is 0.317 bits per heavy atom.